The molecule has 7 nitrogen and oxygen atoms in total. The fraction of sp³-hybridized carbons (Fsp3) is 0.455. The number of nitrogens with two attached hydrogens (primary N) is 1. The SMILES string of the molecule is CC(C)Cn1ncnc1Cn1ncc(N)cc1=O. The Hall–Kier alpha value is -2.18. The van der Waals surface area contributed by atoms with E-state index in [-0.39, 0.29) is 5.56 Å². The Morgan fingerprint density at radius 3 is 2.78 bits per heavy atom. The van der Waals surface area contributed by atoms with Gasteiger partial charge in [-0.15, -0.1) is 0 Å². The second kappa shape index (κ2) is 4.99. The summed E-state index contributed by atoms with van der Waals surface area (Å²) in [6.45, 7) is 5.25. The van der Waals surface area contributed by atoms with Crippen LogP contribution in [0.4, 0.5) is 5.69 Å². The van der Waals surface area contributed by atoms with Gasteiger partial charge in [0.05, 0.1) is 11.9 Å². The minimum absolute atomic E-state index is 0.242. The van der Waals surface area contributed by atoms with Gasteiger partial charge in [-0.1, -0.05) is 13.8 Å². The normalized spacial score (nSPS) is 11.1. The fourth-order valence-corrected chi connectivity index (χ4v) is 1.61. The minimum atomic E-state index is -0.242. The Morgan fingerprint density at radius 2 is 2.11 bits per heavy atom. The van der Waals surface area contributed by atoms with Crippen molar-refractivity contribution in [3.8, 4) is 0 Å². The summed E-state index contributed by atoms with van der Waals surface area (Å²) in [5.41, 5.74) is 5.61. The smallest absolute Gasteiger partial charge is 0.269 e. The molecule has 0 saturated carbocycles. The van der Waals surface area contributed by atoms with Gasteiger partial charge in [0.15, 0.2) is 0 Å². The molecule has 2 N–H and O–H groups in total. The van der Waals surface area contributed by atoms with Gasteiger partial charge in [0, 0.05) is 12.6 Å². The molecule has 2 aromatic rings. The molecule has 0 aromatic carbocycles. The van der Waals surface area contributed by atoms with Gasteiger partial charge in [-0.3, -0.25) is 4.79 Å². The van der Waals surface area contributed by atoms with Crippen molar-refractivity contribution in [1.29, 1.82) is 0 Å². The lowest BCUT2D eigenvalue weighted by molar-refractivity contribution is 0.453. The first kappa shape index (κ1) is 12.3. The molecule has 0 aliphatic carbocycles. The predicted octanol–water partition coefficient (Wildman–Crippen LogP) is 0.121. The standard InChI is InChI=1S/C11H16N6O/c1-8(2)5-16-10(13-7-15-16)6-17-11(18)3-9(12)4-14-17/h3-4,7-8H,5-6,12H2,1-2H3. The van der Waals surface area contributed by atoms with E-state index >= 15 is 0 Å². The predicted molar refractivity (Wildman–Crippen MR) is 66.9 cm³/mol. The van der Waals surface area contributed by atoms with E-state index in [0.29, 0.717) is 24.0 Å². The monoisotopic (exact) mass is 248 g/mol. The first-order valence-corrected chi connectivity index (χ1v) is 5.75. The number of rotatable bonds is 4. The number of nitrogens with zero attached hydrogens (tertiary/aromatic N) is 5. The minimum Gasteiger partial charge on any atom is -0.397 e. The molecule has 2 aromatic heterocycles. The lowest BCUT2D eigenvalue weighted by atomic mass is 10.2. The number of aromatic nitrogens is 5. The highest BCUT2D eigenvalue weighted by atomic mass is 16.1. The molecule has 0 spiro atoms. The van der Waals surface area contributed by atoms with Gasteiger partial charge >= 0.3 is 0 Å². The highest BCUT2D eigenvalue weighted by Gasteiger charge is 2.08. The summed E-state index contributed by atoms with van der Waals surface area (Å²) in [6.07, 6.45) is 2.94. The zero-order chi connectivity index (χ0) is 13.1. The van der Waals surface area contributed by atoms with E-state index in [1.807, 2.05) is 0 Å². The lowest BCUT2D eigenvalue weighted by Crippen LogP contribution is -2.25. The summed E-state index contributed by atoms with van der Waals surface area (Å²) in [4.78, 5) is 15.8. The van der Waals surface area contributed by atoms with Crippen LogP contribution in [-0.4, -0.2) is 24.5 Å². The van der Waals surface area contributed by atoms with Crippen molar-refractivity contribution < 1.29 is 0 Å². The van der Waals surface area contributed by atoms with Crippen molar-refractivity contribution in [3.63, 3.8) is 0 Å². The molecule has 0 aliphatic heterocycles. The van der Waals surface area contributed by atoms with E-state index in [1.165, 1.54) is 23.3 Å². The van der Waals surface area contributed by atoms with Crippen LogP contribution in [0.1, 0.15) is 19.7 Å². The third-order valence-corrected chi connectivity index (χ3v) is 2.42. The first-order valence-electron chi connectivity index (χ1n) is 5.75. The average molecular weight is 248 g/mol. The maximum Gasteiger partial charge on any atom is 0.269 e. The van der Waals surface area contributed by atoms with E-state index in [0.717, 1.165) is 6.54 Å². The van der Waals surface area contributed by atoms with E-state index in [9.17, 15) is 4.79 Å². The van der Waals surface area contributed by atoms with E-state index in [1.54, 1.807) is 4.68 Å². The average Bonchev–Trinajstić information content (AvgIpc) is 2.69. The first-order chi connectivity index (χ1) is 8.56. The van der Waals surface area contributed by atoms with Crippen molar-refractivity contribution >= 4 is 5.69 Å². The van der Waals surface area contributed by atoms with Crippen LogP contribution in [0.25, 0.3) is 0 Å². The Labute approximate surface area is 104 Å². The summed E-state index contributed by atoms with van der Waals surface area (Å²) >= 11 is 0. The van der Waals surface area contributed by atoms with Crippen LogP contribution in [-0.2, 0) is 13.1 Å². The largest absolute Gasteiger partial charge is 0.397 e. The molecule has 2 heterocycles. The van der Waals surface area contributed by atoms with Gasteiger partial charge in [-0.2, -0.15) is 10.2 Å². The quantitative estimate of drug-likeness (QED) is 0.829. The summed E-state index contributed by atoms with van der Waals surface area (Å²) in [5.74, 6) is 1.17. The molecule has 0 amide bonds. The highest BCUT2D eigenvalue weighted by Crippen LogP contribution is 2.02. The number of hydrogen-bond acceptors (Lipinski definition) is 5. The van der Waals surface area contributed by atoms with Gasteiger partial charge in [0.1, 0.15) is 18.7 Å². The van der Waals surface area contributed by atoms with Crippen molar-refractivity contribution in [1.82, 2.24) is 24.5 Å². The van der Waals surface area contributed by atoms with Crippen LogP contribution in [0.3, 0.4) is 0 Å². The molecular formula is C11H16N6O. The molecule has 0 unspecified atom stereocenters. The molecular weight excluding hydrogens is 232 g/mol. The fourth-order valence-electron chi connectivity index (χ4n) is 1.61. The lowest BCUT2D eigenvalue weighted by Gasteiger charge is -2.09. The van der Waals surface area contributed by atoms with Gasteiger partial charge in [0.2, 0.25) is 0 Å². The molecule has 0 saturated heterocycles. The molecule has 0 fully saturated rings. The molecule has 0 bridgehead atoms. The Kier molecular flexibility index (Phi) is 3.40. The van der Waals surface area contributed by atoms with Gasteiger partial charge in [-0.05, 0) is 5.92 Å². The third-order valence-electron chi connectivity index (χ3n) is 2.42. The zero-order valence-electron chi connectivity index (χ0n) is 10.4. The van der Waals surface area contributed by atoms with Crippen LogP contribution in [0.15, 0.2) is 23.4 Å². The second-order valence-electron chi connectivity index (χ2n) is 4.54. The topological polar surface area (TPSA) is 91.6 Å². The Morgan fingerprint density at radius 1 is 1.33 bits per heavy atom. The van der Waals surface area contributed by atoms with Gasteiger partial charge in [0.25, 0.3) is 5.56 Å². The van der Waals surface area contributed by atoms with Crippen molar-refractivity contribution in [2.45, 2.75) is 26.9 Å². The number of anilines is 1. The maximum atomic E-state index is 11.7. The van der Waals surface area contributed by atoms with Gasteiger partial charge in [-0.25, -0.2) is 14.3 Å². The summed E-state index contributed by atoms with van der Waals surface area (Å²) in [7, 11) is 0. The summed E-state index contributed by atoms with van der Waals surface area (Å²) in [6, 6.07) is 1.34. The van der Waals surface area contributed by atoms with Crippen LogP contribution < -0.4 is 11.3 Å². The van der Waals surface area contributed by atoms with Crippen molar-refractivity contribution in [3.05, 3.63) is 34.8 Å². The summed E-state index contributed by atoms with van der Waals surface area (Å²) < 4.78 is 3.10. The van der Waals surface area contributed by atoms with Gasteiger partial charge < -0.3 is 5.73 Å². The van der Waals surface area contributed by atoms with E-state index in [2.05, 4.69) is 29.0 Å². The van der Waals surface area contributed by atoms with Crippen LogP contribution in [0, 0.1) is 5.92 Å². The van der Waals surface area contributed by atoms with Crippen LogP contribution in [0.2, 0.25) is 0 Å². The van der Waals surface area contributed by atoms with E-state index < -0.39 is 0 Å². The molecule has 2 rings (SSSR count). The van der Waals surface area contributed by atoms with E-state index in [4.69, 9.17) is 5.73 Å². The molecule has 7 heteroatoms. The van der Waals surface area contributed by atoms with Crippen LogP contribution in [0.5, 0.6) is 0 Å². The number of nitrogen functional groups attached to an aromatic ring is 1. The molecule has 18 heavy (non-hydrogen) atoms. The van der Waals surface area contributed by atoms with Crippen molar-refractivity contribution in [2.75, 3.05) is 5.73 Å². The zero-order valence-corrected chi connectivity index (χ0v) is 10.4. The molecule has 0 atom stereocenters. The third kappa shape index (κ3) is 2.73. The molecule has 0 aliphatic rings. The van der Waals surface area contributed by atoms with Crippen LogP contribution >= 0.6 is 0 Å². The van der Waals surface area contributed by atoms with Crippen molar-refractivity contribution in [2.24, 2.45) is 5.92 Å². The molecule has 96 valence electrons. The summed E-state index contributed by atoms with van der Waals surface area (Å²) in [5, 5.41) is 8.11. The molecule has 0 radical (unpaired) electrons. The maximum absolute atomic E-state index is 11.7. The Bertz CT molecular complexity index is 585. The Balaban J connectivity index is 2.23. The highest BCUT2D eigenvalue weighted by molar-refractivity contribution is 5.31. The number of hydrogen-bond donors (Lipinski definition) is 1. The second-order valence-corrected chi connectivity index (χ2v) is 4.54.